The lowest BCUT2D eigenvalue weighted by molar-refractivity contribution is 0.0902. The smallest absolute Gasteiger partial charge is 0.255 e. The molecule has 5 nitrogen and oxygen atoms in total. The van der Waals surface area contributed by atoms with E-state index >= 15 is 0 Å². The molecule has 1 aliphatic carbocycles. The number of benzene rings is 1. The Morgan fingerprint density at radius 3 is 2.58 bits per heavy atom. The third-order valence-electron chi connectivity index (χ3n) is 5.34. The Kier molecular flexibility index (Phi) is 6.23. The van der Waals surface area contributed by atoms with Crippen LogP contribution in [0.25, 0.3) is 0 Å². The van der Waals surface area contributed by atoms with Crippen molar-refractivity contribution in [2.75, 3.05) is 13.7 Å². The molecule has 1 aliphatic rings. The molecule has 1 saturated carbocycles. The van der Waals surface area contributed by atoms with Crippen LogP contribution < -0.4 is 15.8 Å². The van der Waals surface area contributed by atoms with Gasteiger partial charge in [-0.1, -0.05) is 18.2 Å². The number of hydrogen-bond donors (Lipinski definition) is 2. The van der Waals surface area contributed by atoms with Gasteiger partial charge >= 0.3 is 0 Å². The lowest BCUT2D eigenvalue weighted by Crippen LogP contribution is -2.36. The molecule has 138 valence electrons. The van der Waals surface area contributed by atoms with Crippen LogP contribution in [-0.4, -0.2) is 24.5 Å². The van der Waals surface area contributed by atoms with Crippen LogP contribution in [0, 0.1) is 11.8 Å². The van der Waals surface area contributed by atoms with Crippen LogP contribution in [0.3, 0.4) is 0 Å². The van der Waals surface area contributed by atoms with Crippen molar-refractivity contribution < 1.29 is 9.53 Å². The first-order valence-corrected chi connectivity index (χ1v) is 9.27. The first-order chi connectivity index (χ1) is 12.7. The van der Waals surface area contributed by atoms with Crippen molar-refractivity contribution in [2.24, 2.45) is 17.6 Å². The number of methoxy groups -OCH3 is 1. The molecule has 0 saturated heterocycles. The molecule has 0 radical (unpaired) electrons. The topological polar surface area (TPSA) is 77.2 Å². The highest BCUT2D eigenvalue weighted by Gasteiger charge is 2.30. The Bertz CT molecular complexity index is 712. The minimum absolute atomic E-state index is 0.104. The summed E-state index contributed by atoms with van der Waals surface area (Å²) in [5, 5.41) is 3.21. The van der Waals surface area contributed by atoms with Gasteiger partial charge < -0.3 is 15.8 Å². The molecule has 1 aromatic heterocycles. The van der Waals surface area contributed by atoms with Crippen molar-refractivity contribution >= 4 is 5.91 Å². The van der Waals surface area contributed by atoms with Crippen LogP contribution in [0.5, 0.6) is 5.75 Å². The van der Waals surface area contributed by atoms with Crippen LogP contribution in [0.15, 0.2) is 48.7 Å². The van der Waals surface area contributed by atoms with Crippen LogP contribution in [0.2, 0.25) is 0 Å². The largest absolute Gasteiger partial charge is 0.496 e. The Balaban J connectivity index is 1.81. The third-order valence-corrected chi connectivity index (χ3v) is 5.34. The lowest BCUT2D eigenvalue weighted by atomic mass is 9.77. The third kappa shape index (κ3) is 4.22. The average Bonchev–Trinajstić information content (AvgIpc) is 2.72. The molecule has 3 N–H and O–H groups in total. The van der Waals surface area contributed by atoms with Gasteiger partial charge in [0.15, 0.2) is 0 Å². The van der Waals surface area contributed by atoms with Crippen LogP contribution >= 0.6 is 0 Å². The number of carbonyl (C=O) groups excluding carboxylic acids is 1. The van der Waals surface area contributed by atoms with Gasteiger partial charge in [-0.2, -0.15) is 0 Å². The standard InChI is InChI=1S/C21H27N3O2/c1-26-19-8-3-2-6-17(19)21(25)24-20(18-7-4-5-13-23-18)16-11-9-15(14-22)10-12-16/h2-8,13,15-16,20H,9-12,14,22H2,1H3,(H,24,25)/t15?,16?,20-/m0/s1. The summed E-state index contributed by atoms with van der Waals surface area (Å²) in [4.78, 5) is 17.4. The van der Waals surface area contributed by atoms with E-state index in [0.29, 0.717) is 23.1 Å². The van der Waals surface area contributed by atoms with Crippen molar-refractivity contribution in [2.45, 2.75) is 31.7 Å². The van der Waals surface area contributed by atoms with Gasteiger partial charge in [-0.15, -0.1) is 0 Å². The van der Waals surface area contributed by atoms with Gasteiger partial charge in [0.25, 0.3) is 5.91 Å². The Hall–Kier alpha value is -2.40. The maximum Gasteiger partial charge on any atom is 0.255 e. The quantitative estimate of drug-likeness (QED) is 0.835. The Morgan fingerprint density at radius 2 is 1.92 bits per heavy atom. The van der Waals surface area contributed by atoms with E-state index in [4.69, 9.17) is 10.5 Å². The molecule has 1 heterocycles. The summed E-state index contributed by atoms with van der Waals surface area (Å²) in [5.41, 5.74) is 7.29. The van der Waals surface area contributed by atoms with Gasteiger partial charge in [0.1, 0.15) is 5.75 Å². The Labute approximate surface area is 155 Å². The maximum atomic E-state index is 12.9. The highest BCUT2D eigenvalue weighted by molar-refractivity contribution is 5.97. The monoisotopic (exact) mass is 353 g/mol. The maximum absolute atomic E-state index is 12.9. The fourth-order valence-corrected chi connectivity index (χ4v) is 3.80. The summed E-state index contributed by atoms with van der Waals surface area (Å²) in [7, 11) is 1.58. The number of ether oxygens (including phenoxy) is 1. The second-order valence-electron chi connectivity index (χ2n) is 6.92. The number of nitrogens with zero attached hydrogens (tertiary/aromatic N) is 1. The Morgan fingerprint density at radius 1 is 1.19 bits per heavy atom. The molecule has 5 heteroatoms. The predicted octanol–water partition coefficient (Wildman–Crippen LogP) is 3.33. The number of carbonyl (C=O) groups is 1. The first-order valence-electron chi connectivity index (χ1n) is 9.27. The number of pyridine rings is 1. The summed E-state index contributed by atoms with van der Waals surface area (Å²) in [5.74, 6) is 1.42. The van der Waals surface area contributed by atoms with Crippen molar-refractivity contribution in [3.8, 4) is 5.75 Å². The summed E-state index contributed by atoms with van der Waals surface area (Å²) in [6, 6.07) is 13.0. The predicted molar refractivity (Wildman–Crippen MR) is 102 cm³/mol. The van der Waals surface area contributed by atoms with Crippen molar-refractivity contribution in [1.29, 1.82) is 0 Å². The number of hydrogen-bond acceptors (Lipinski definition) is 4. The van der Waals surface area contributed by atoms with Gasteiger partial charge in [0, 0.05) is 6.20 Å². The molecule has 0 unspecified atom stereocenters. The van der Waals surface area contributed by atoms with Gasteiger partial charge in [-0.25, -0.2) is 0 Å². The molecule has 3 rings (SSSR count). The highest BCUT2D eigenvalue weighted by Crippen LogP contribution is 2.36. The molecule has 26 heavy (non-hydrogen) atoms. The van der Waals surface area contributed by atoms with Crippen molar-refractivity contribution in [1.82, 2.24) is 10.3 Å². The van der Waals surface area contributed by atoms with Crippen LogP contribution in [0.1, 0.15) is 47.8 Å². The molecule has 1 atom stereocenters. The molecule has 0 aliphatic heterocycles. The number of aromatic nitrogens is 1. The van der Waals surface area contributed by atoms with Gasteiger partial charge in [-0.3, -0.25) is 9.78 Å². The minimum atomic E-state index is -0.126. The molecule has 2 aromatic rings. The molecule has 1 aromatic carbocycles. The van der Waals surface area contributed by atoms with E-state index in [0.717, 1.165) is 37.9 Å². The summed E-state index contributed by atoms with van der Waals surface area (Å²) < 4.78 is 5.34. The first kappa shape index (κ1) is 18.4. The molecular formula is C21H27N3O2. The lowest BCUT2D eigenvalue weighted by Gasteiger charge is -2.33. The van der Waals surface area contributed by atoms with E-state index in [9.17, 15) is 4.79 Å². The van der Waals surface area contributed by atoms with Crippen LogP contribution in [0.4, 0.5) is 0 Å². The van der Waals surface area contributed by atoms with Crippen molar-refractivity contribution in [3.05, 3.63) is 59.9 Å². The van der Waals surface area contributed by atoms with E-state index in [1.54, 1.807) is 25.4 Å². The fraction of sp³-hybridized carbons (Fsp3) is 0.429. The van der Waals surface area contributed by atoms with Gasteiger partial charge in [0.05, 0.1) is 24.4 Å². The second kappa shape index (κ2) is 8.81. The normalized spacial score (nSPS) is 21.0. The zero-order chi connectivity index (χ0) is 18.4. The van der Waals surface area contributed by atoms with E-state index in [1.807, 2.05) is 30.3 Å². The molecule has 1 fully saturated rings. The van der Waals surface area contributed by atoms with Crippen LogP contribution in [-0.2, 0) is 0 Å². The van der Waals surface area contributed by atoms with Gasteiger partial charge in [-0.05, 0) is 68.3 Å². The fourth-order valence-electron chi connectivity index (χ4n) is 3.80. The number of rotatable bonds is 6. The molecule has 0 spiro atoms. The number of para-hydroxylation sites is 1. The number of amides is 1. The zero-order valence-electron chi connectivity index (χ0n) is 15.2. The minimum Gasteiger partial charge on any atom is -0.496 e. The summed E-state index contributed by atoms with van der Waals surface area (Å²) in [6.45, 7) is 0.745. The molecule has 0 bridgehead atoms. The zero-order valence-corrected chi connectivity index (χ0v) is 15.2. The van der Waals surface area contributed by atoms with E-state index in [1.165, 1.54) is 0 Å². The van der Waals surface area contributed by atoms with E-state index < -0.39 is 0 Å². The SMILES string of the molecule is COc1ccccc1C(=O)N[C@H](c1ccccn1)C1CCC(CN)CC1. The highest BCUT2D eigenvalue weighted by atomic mass is 16.5. The molecule has 1 amide bonds. The number of nitrogens with one attached hydrogen (secondary N) is 1. The molecular weight excluding hydrogens is 326 g/mol. The van der Waals surface area contributed by atoms with E-state index in [-0.39, 0.29) is 11.9 Å². The average molecular weight is 353 g/mol. The number of nitrogens with two attached hydrogens (primary N) is 1. The van der Waals surface area contributed by atoms with E-state index in [2.05, 4.69) is 10.3 Å². The summed E-state index contributed by atoms with van der Waals surface area (Å²) in [6.07, 6.45) is 6.10. The second-order valence-corrected chi connectivity index (χ2v) is 6.92. The summed E-state index contributed by atoms with van der Waals surface area (Å²) >= 11 is 0. The van der Waals surface area contributed by atoms with Gasteiger partial charge in [0.2, 0.25) is 0 Å². The van der Waals surface area contributed by atoms with Crippen molar-refractivity contribution in [3.63, 3.8) is 0 Å².